The summed E-state index contributed by atoms with van der Waals surface area (Å²) in [4.78, 5) is 2.43. The highest BCUT2D eigenvalue weighted by molar-refractivity contribution is 5.90. The molecule has 26 heavy (non-hydrogen) atoms. The van der Waals surface area contributed by atoms with E-state index >= 15 is 0 Å². The summed E-state index contributed by atoms with van der Waals surface area (Å²) in [5.74, 6) is 0.405. The quantitative estimate of drug-likeness (QED) is 0.541. The molecule has 5 rings (SSSR count). The Bertz CT molecular complexity index is 1030. The largest absolute Gasteiger partial charge is 0.343 e. The summed E-state index contributed by atoms with van der Waals surface area (Å²) in [5, 5.41) is 11.6. The molecule has 4 nitrogen and oxygen atoms in total. The molecular weight excluding hydrogens is 322 g/mol. The summed E-state index contributed by atoms with van der Waals surface area (Å²) in [7, 11) is 2.22. The van der Waals surface area contributed by atoms with Crippen LogP contribution >= 0.6 is 0 Å². The minimum atomic E-state index is 0.405. The van der Waals surface area contributed by atoms with Crippen molar-refractivity contribution in [1.29, 1.82) is 0 Å². The fourth-order valence-corrected chi connectivity index (χ4v) is 4.92. The van der Waals surface area contributed by atoms with Crippen LogP contribution in [0.4, 0.5) is 0 Å². The van der Waals surface area contributed by atoms with E-state index in [1.807, 2.05) is 19.2 Å². The minimum absolute atomic E-state index is 0.405. The highest BCUT2D eigenvalue weighted by Crippen LogP contribution is 2.40. The van der Waals surface area contributed by atoms with E-state index in [0.717, 1.165) is 38.2 Å². The van der Waals surface area contributed by atoms with Gasteiger partial charge < -0.3 is 9.47 Å². The molecule has 0 radical (unpaired) electrons. The maximum absolute atomic E-state index is 10.1. The minimum Gasteiger partial charge on any atom is -0.343 e. The third kappa shape index (κ3) is 2.28. The number of hydrogen-bond donors (Lipinski definition) is 1. The lowest BCUT2D eigenvalue weighted by atomic mass is 9.88. The molecule has 0 saturated heterocycles. The monoisotopic (exact) mass is 348 g/mol. The normalized spacial score (nSPS) is 19.7. The molecule has 0 amide bonds. The number of aryl methyl sites for hydroxylation is 2. The Morgan fingerprint density at radius 3 is 2.85 bits per heavy atom. The van der Waals surface area contributed by atoms with Crippen molar-refractivity contribution >= 4 is 10.9 Å². The van der Waals surface area contributed by atoms with Gasteiger partial charge in [0.1, 0.15) is 0 Å². The number of benzene rings is 1. The number of hydrogen-bond acceptors (Lipinski definition) is 2. The average molecular weight is 348 g/mol. The predicted octanol–water partition coefficient (Wildman–Crippen LogP) is 3.11. The van der Waals surface area contributed by atoms with Crippen LogP contribution < -0.4 is 4.73 Å². The topological polar surface area (TPSA) is 32.3 Å². The van der Waals surface area contributed by atoms with E-state index in [1.165, 1.54) is 43.6 Å². The maximum Gasteiger partial charge on any atom is 0.231 e. The van der Waals surface area contributed by atoms with Crippen LogP contribution in [0.2, 0.25) is 0 Å². The van der Waals surface area contributed by atoms with E-state index in [1.54, 1.807) is 0 Å². The van der Waals surface area contributed by atoms with Crippen LogP contribution in [0.3, 0.4) is 0 Å². The Morgan fingerprint density at radius 1 is 1.19 bits per heavy atom. The first kappa shape index (κ1) is 15.9. The van der Waals surface area contributed by atoms with Gasteiger partial charge in [0.15, 0.2) is 0 Å². The van der Waals surface area contributed by atoms with E-state index in [-0.39, 0.29) is 0 Å². The molecule has 0 bridgehead atoms. The second kappa shape index (κ2) is 5.58. The van der Waals surface area contributed by atoms with Gasteiger partial charge in [-0.25, -0.2) is 0 Å². The average Bonchev–Trinajstić information content (AvgIpc) is 2.91. The van der Waals surface area contributed by atoms with Crippen molar-refractivity contribution in [2.24, 2.45) is 0 Å². The first-order valence-corrected chi connectivity index (χ1v) is 9.54. The van der Waals surface area contributed by atoms with E-state index < -0.39 is 0 Å². The second-order valence-corrected chi connectivity index (χ2v) is 8.19. The zero-order chi connectivity index (χ0) is 18.0. The second-order valence-electron chi connectivity index (χ2n) is 8.19. The van der Waals surface area contributed by atoms with Crippen LogP contribution in [0.15, 0.2) is 30.5 Å². The van der Waals surface area contributed by atoms with Crippen LogP contribution in [-0.2, 0) is 25.9 Å². The van der Waals surface area contributed by atoms with Crippen molar-refractivity contribution in [3.63, 3.8) is 0 Å². The van der Waals surface area contributed by atoms with Crippen LogP contribution in [0.25, 0.3) is 10.9 Å². The summed E-state index contributed by atoms with van der Waals surface area (Å²) in [6.07, 6.45) is 4.06. The Balaban J connectivity index is 1.68. The smallest absolute Gasteiger partial charge is 0.231 e. The fraction of sp³-hybridized carbons (Fsp3) is 0.409. The van der Waals surface area contributed by atoms with Crippen LogP contribution in [0.5, 0.6) is 0 Å². The van der Waals surface area contributed by atoms with Gasteiger partial charge in [-0.15, -0.1) is 0 Å². The van der Waals surface area contributed by atoms with E-state index in [4.69, 9.17) is 0 Å². The molecule has 1 atom stereocenters. The third-order valence-corrected chi connectivity index (χ3v) is 6.25. The number of fused-ring (bicyclic) bond motifs is 3. The Morgan fingerprint density at radius 2 is 2.04 bits per heavy atom. The highest BCUT2D eigenvalue weighted by atomic mass is 16.5. The number of rotatable bonds is 1. The lowest BCUT2D eigenvalue weighted by Gasteiger charge is -2.28. The molecule has 0 saturated carbocycles. The summed E-state index contributed by atoms with van der Waals surface area (Å²) < 4.78 is 3.85. The van der Waals surface area contributed by atoms with E-state index in [2.05, 4.69) is 41.6 Å². The molecule has 0 spiro atoms. The number of likely N-dealkylation sites (N-methyl/N-ethyl adjacent to an activating group) is 1. The molecule has 4 heterocycles. The summed E-state index contributed by atoms with van der Waals surface area (Å²) in [6, 6.07) is 8.92. The van der Waals surface area contributed by atoms with Crippen LogP contribution in [0.1, 0.15) is 39.6 Å². The number of nitrogens with zero attached hydrogens (tertiary/aromatic N) is 3. The van der Waals surface area contributed by atoms with Crippen LogP contribution in [0, 0.1) is 13.8 Å². The molecular formula is C22H26N3O+. The van der Waals surface area contributed by atoms with Gasteiger partial charge >= 0.3 is 0 Å². The summed E-state index contributed by atoms with van der Waals surface area (Å²) >= 11 is 0. The van der Waals surface area contributed by atoms with Gasteiger partial charge in [-0.3, -0.25) is 5.21 Å². The number of pyridine rings is 1. The fourth-order valence-electron chi connectivity index (χ4n) is 4.92. The predicted molar refractivity (Wildman–Crippen MR) is 102 cm³/mol. The van der Waals surface area contributed by atoms with Crippen molar-refractivity contribution in [2.75, 3.05) is 13.6 Å². The van der Waals surface area contributed by atoms with Gasteiger partial charge in [0.05, 0.1) is 5.52 Å². The Labute approximate surface area is 154 Å². The zero-order valence-electron chi connectivity index (χ0n) is 15.8. The molecule has 0 fully saturated rings. The molecule has 2 aromatic heterocycles. The van der Waals surface area contributed by atoms with Crippen LogP contribution in [-0.4, -0.2) is 28.3 Å². The maximum atomic E-state index is 10.1. The molecule has 4 heteroatoms. The first-order chi connectivity index (χ1) is 12.5. The van der Waals surface area contributed by atoms with Crippen molar-refractivity contribution in [1.82, 2.24) is 9.47 Å². The van der Waals surface area contributed by atoms with Crippen molar-refractivity contribution in [3.05, 3.63) is 64.1 Å². The lowest BCUT2D eigenvalue weighted by Crippen LogP contribution is -2.34. The van der Waals surface area contributed by atoms with Gasteiger partial charge in [-0.05, 0) is 43.7 Å². The van der Waals surface area contributed by atoms with E-state index in [9.17, 15) is 5.21 Å². The molecule has 134 valence electrons. The molecule has 0 aliphatic carbocycles. The molecule has 1 unspecified atom stereocenters. The standard InChI is InChI=1S/C22H26N3O/c1-14-8-17-10-18(16-5-4-15(2)25(26)12-16)11-24-21-6-7-23(3)13-20(21)19(9-14)22(17)24/h4-5,8-9,12,18,26H,6-7,10-11,13H2,1-3H3/q+1. The first-order valence-electron chi connectivity index (χ1n) is 9.54. The van der Waals surface area contributed by atoms with Gasteiger partial charge in [0.2, 0.25) is 11.9 Å². The van der Waals surface area contributed by atoms with E-state index in [0.29, 0.717) is 5.92 Å². The SMILES string of the molecule is Cc1cc2c3c(c1)c1c(n3CC(c3ccc(C)[n+](O)c3)C2)CCN(C)C1. The van der Waals surface area contributed by atoms with Gasteiger partial charge in [-0.2, -0.15) is 0 Å². The van der Waals surface area contributed by atoms with Crippen molar-refractivity contribution in [3.8, 4) is 0 Å². The zero-order valence-corrected chi connectivity index (χ0v) is 15.8. The summed E-state index contributed by atoms with van der Waals surface area (Å²) in [5.41, 5.74) is 9.40. The molecule has 1 aromatic carbocycles. The lowest BCUT2D eigenvalue weighted by molar-refractivity contribution is -0.909. The molecule has 2 aliphatic heterocycles. The van der Waals surface area contributed by atoms with Gasteiger partial charge in [0.25, 0.3) is 0 Å². The van der Waals surface area contributed by atoms with Crippen molar-refractivity contribution in [2.45, 2.75) is 45.7 Å². The van der Waals surface area contributed by atoms with Gasteiger partial charge in [-0.1, -0.05) is 11.6 Å². The Kier molecular flexibility index (Phi) is 3.41. The molecule has 3 aromatic rings. The Hall–Kier alpha value is -2.33. The molecule has 2 aliphatic rings. The van der Waals surface area contributed by atoms with Crippen molar-refractivity contribution < 1.29 is 9.94 Å². The van der Waals surface area contributed by atoms with Gasteiger partial charge in [0, 0.05) is 66.3 Å². The number of aromatic nitrogens is 2. The third-order valence-electron chi connectivity index (χ3n) is 6.25. The highest BCUT2D eigenvalue weighted by Gasteiger charge is 2.30. The summed E-state index contributed by atoms with van der Waals surface area (Å²) in [6.45, 7) is 7.32. The molecule has 1 N–H and O–H groups in total.